The molecule has 0 aliphatic rings. The Morgan fingerprint density at radius 3 is 2.73 bits per heavy atom. The van der Waals surface area contributed by atoms with E-state index in [-0.39, 0.29) is 11.5 Å². The summed E-state index contributed by atoms with van der Waals surface area (Å²) in [6, 6.07) is 4.09. The molecule has 4 nitrogen and oxygen atoms in total. The molecule has 0 unspecified atom stereocenters. The predicted octanol–water partition coefficient (Wildman–Crippen LogP) is 0.485. The van der Waals surface area contributed by atoms with Gasteiger partial charge in [-0.1, -0.05) is 6.07 Å². The number of aliphatic hydroxyl groups is 1. The minimum atomic E-state index is -3.74. The van der Waals surface area contributed by atoms with Crippen LogP contribution in [0.25, 0.3) is 0 Å². The lowest BCUT2D eigenvalue weighted by Crippen LogP contribution is -2.35. The van der Waals surface area contributed by atoms with E-state index in [1.165, 1.54) is 19.1 Å². The molecule has 0 saturated carbocycles. The second-order valence-corrected chi connectivity index (χ2v) is 4.88. The largest absolute Gasteiger partial charge is 0.395 e. The van der Waals surface area contributed by atoms with Crippen molar-refractivity contribution in [3.05, 3.63) is 30.1 Å². The molecule has 0 heterocycles. The Labute approximate surface area is 87.8 Å². The molecular weight excluding hydrogens is 221 g/mol. The Balaban J connectivity index is 2.96. The molecule has 15 heavy (non-hydrogen) atoms. The first-order valence-electron chi connectivity index (χ1n) is 4.34. The third kappa shape index (κ3) is 3.26. The number of halogens is 1. The van der Waals surface area contributed by atoms with Crippen molar-refractivity contribution >= 4 is 10.0 Å². The first kappa shape index (κ1) is 12.1. The minimum absolute atomic E-state index is 0.150. The summed E-state index contributed by atoms with van der Waals surface area (Å²) in [4.78, 5) is -0.150. The smallest absolute Gasteiger partial charge is 0.240 e. The van der Waals surface area contributed by atoms with Crippen molar-refractivity contribution in [3.63, 3.8) is 0 Å². The molecular formula is C9H12FNO3S. The summed E-state index contributed by atoms with van der Waals surface area (Å²) < 4.78 is 38.1. The van der Waals surface area contributed by atoms with Crippen LogP contribution in [-0.4, -0.2) is 26.2 Å². The van der Waals surface area contributed by atoms with E-state index in [0.29, 0.717) is 0 Å². The number of sulfonamides is 1. The highest BCUT2D eigenvalue weighted by molar-refractivity contribution is 7.89. The van der Waals surface area contributed by atoms with Crippen molar-refractivity contribution in [2.24, 2.45) is 0 Å². The number of benzene rings is 1. The molecule has 0 saturated heterocycles. The first-order valence-corrected chi connectivity index (χ1v) is 5.83. The summed E-state index contributed by atoms with van der Waals surface area (Å²) in [5.41, 5.74) is 0. The van der Waals surface area contributed by atoms with Crippen molar-refractivity contribution in [2.45, 2.75) is 17.9 Å². The quantitative estimate of drug-likeness (QED) is 0.795. The summed E-state index contributed by atoms with van der Waals surface area (Å²) in [6.45, 7) is 1.20. The highest BCUT2D eigenvalue weighted by Crippen LogP contribution is 2.10. The van der Waals surface area contributed by atoms with Crippen LogP contribution in [-0.2, 0) is 10.0 Å². The van der Waals surface area contributed by atoms with Gasteiger partial charge in [-0.15, -0.1) is 0 Å². The van der Waals surface area contributed by atoms with Gasteiger partial charge in [0.15, 0.2) is 0 Å². The van der Waals surface area contributed by atoms with Gasteiger partial charge in [0.2, 0.25) is 10.0 Å². The maximum Gasteiger partial charge on any atom is 0.240 e. The molecule has 0 aliphatic heterocycles. The molecule has 1 rings (SSSR count). The summed E-state index contributed by atoms with van der Waals surface area (Å²) in [6.07, 6.45) is 0. The SMILES string of the molecule is C[C@@H](CO)NS(=O)(=O)c1cccc(F)c1. The zero-order valence-corrected chi connectivity index (χ0v) is 8.96. The zero-order valence-electron chi connectivity index (χ0n) is 8.14. The molecule has 0 bridgehead atoms. The molecule has 0 aliphatic carbocycles. The molecule has 0 spiro atoms. The van der Waals surface area contributed by atoms with Crippen LogP contribution in [0.1, 0.15) is 6.92 Å². The number of hydrogen-bond donors (Lipinski definition) is 2. The standard InChI is InChI=1S/C9H12FNO3S/c1-7(6-12)11-15(13,14)9-4-2-3-8(10)5-9/h2-5,7,11-12H,6H2,1H3/t7-/m0/s1. The fourth-order valence-corrected chi connectivity index (χ4v) is 2.27. The Kier molecular flexibility index (Phi) is 3.78. The van der Waals surface area contributed by atoms with Gasteiger partial charge in [-0.05, 0) is 25.1 Å². The van der Waals surface area contributed by atoms with Crippen molar-refractivity contribution < 1.29 is 17.9 Å². The first-order chi connectivity index (χ1) is 6.95. The second-order valence-electron chi connectivity index (χ2n) is 3.16. The number of nitrogens with one attached hydrogen (secondary N) is 1. The van der Waals surface area contributed by atoms with Crippen LogP contribution in [0.5, 0.6) is 0 Å². The van der Waals surface area contributed by atoms with Gasteiger partial charge in [-0.2, -0.15) is 0 Å². The van der Waals surface area contributed by atoms with E-state index in [2.05, 4.69) is 4.72 Å². The summed E-state index contributed by atoms with van der Waals surface area (Å²) >= 11 is 0. The molecule has 1 atom stereocenters. The maximum absolute atomic E-state index is 12.8. The van der Waals surface area contributed by atoms with Crippen LogP contribution in [0.4, 0.5) is 4.39 Å². The zero-order chi connectivity index (χ0) is 11.5. The Bertz CT molecular complexity index is 433. The summed E-state index contributed by atoms with van der Waals surface area (Å²) in [5.74, 6) is -0.616. The van der Waals surface area contributed by atoms with Crippen molar-refractivity contribution in [1.82, 2.24) is 4.72 Å². The molecule has 2 N–H and O–H groups in total. The molecule has 0 amide bonds. The number of rotatable bonds is 4. The topological polar surface area (TPSA) is 66.4 Å². The number of aliphatic hydroxyl groups excluding tert-OH is 1. The lowest BCUT2D eigenvalue weighted by Gasteiger charge is -2.11. The van der Waals surface area contributed by atoms with E-state index in [0.717, 1.165) is 12.1 Å². The fraction of sp³-hybridized carbons (Fsp3) is 0.333. The second kappa shape index (κ2) is 4.69. The van der Waals surface area contributed by atoms with Gasteiger partial charge >= 0.3 is 0 Å². The van der Waals surface area contributed by atoms with Crippen LogP contribution in [0.2, 0.25) is 0 Å². The molecule has 0 aromatic heterocycles. The molecule has 84 valence electrons. The van der Waals surface area contributed by atoms with E-state index >= 15 is 0 Å². The van der Waals surface area contributed by atoms with Gasteiger partial charge in [0.1, 0.15) is 5.82 Å². The van der Waals surface area contributed by atoms with Crippen molar-refractivity contribution in [1.29, 1.82) is 0 Å². The highest BCUT2D eigenvalue weighted by atomic mass is 32.2. The average molecular weight is 233 g/mol. The lowest BCUT2D eigenvalue weighted by atomic mass is 10.4. The molecule has 1 aromatic carbocycles. The molecule has 1 aromatic rings. The van der Waals surface area contributed by atoms with Crippen LogP contribution in [0.3, 0.4) is 0 Å². The minimum Gasteiger partial charge on any atom is -0.395 e. The van der Waals surface area contributed by atoms with Crippen molar-refractivity contribution in [2.75, 3.05) is 6.61 Å². The Morgan fingerprint density at radius 1 is 1.53 bits per heavy atom. The maximum atomic E-state index is 12.8. The average Bonchev–Trinajstić information content (AvgIpc) is 2.17. The van der Waals surface area contributed by atoms with Gasteiger partial charge in [0, 0.05) is 6.04 Å². The Morgan fingerprint density at radius 2 is 2.20 bits per heavy atom. The molecule has 0 fully saturated rings. The molecule has 6 heteroatoms. The molecule has 0 radical (unpaired) electrons. The monoisotopic (exact) mass is 233 g/mol. The third-order valence-electron chi connectivity index (χ3n) is 1.74. The van der Waals surface area contributed by atoms with E-state index in [1.54, 1.807) is 0 Å². The third-order valence-corrected chi connectivity index (χ3v) is 3.32. The van der Waals surface area contributed by atoms with Gasteiger partial charge < -0.3 is 5.11 Å². The summed E-state index contributed by atoms with van der Waals surface area (Å²) in [7, 11) is -3.74. The van der Waals surface area contributed by atoms with Crippen LogP contribution in [0, 0.1) is 5.82 Å². The van der Waals surface area contributed by atoms with Crippen molar-refractivity contribution in [3.8, 4) is 0 Å². The van der Waals surface area contributed by atoms with Gasteiger partial charge in [0.25, 0.3) is 0 Å². The van der Waals surface area contributed by atoms with Gasteiger partial charge in [-0.25, -0.2) is 17.5 Å². The van der Waals surface area contributed by atoms with Gasteiger partial charge in [-0.3, -0.25) is 0 Å². The number of hydrogen-bond acceptors (Lipinski definition) is 3. The van der Waals surface area contributed by atoms with E-state index in [1.807, 2.05) is 0 Å². The van der Waals surface area contributed by atoms with E-state index in [4.69, 9.17) is 5.11 Å². The normalized spacial score (nSPS) is 13.8. The van der Waals surface area contributed by atoms with Crippen LogP contribution >= 0.6 is 0 Å². The van der Waals surface area contributed by atoms with Crippen LogP contribution in [0.15, 0.2) is 29.2 Å². The van der Waals surface area contributed by atoms with E-state index in [9.17, 15) is 12.8 Å². The fourth-order valence-electron chi connectivity index (χ4n) is 1.00. The predicted molar refractivity (Wildman–Crippen MR) is 53.3 cm³/mol. The van der Waals surface area contributed by atoms with Crippen LogP contribution < -0.4 is 4.72 Å². The summed E-state index contributed by atoms with van der Waals surface area (Å²) in [5, 5.41) is 8.70. The lowest BCUT2D eigenvalue weighted by molar-refractivity contribution is 0.265. The van der Waals surface area contributed by atoms with E-state index < -0.39 is 21.9 Å². The highest BCUT2D eigenvalue weighted by Gasteiger charge is 2.16. The van der Waals surface area contributed by atoms with Gasteiger partial charge in [0.05, 0.1) is 11.5 Å². The Hall–Kier alpha value is -0.980.